The molecule has 20 heavy (non-hydrogen) atoms. The van der Waals surface area contributed by atoms with E-state index < -0.39 is 12.0 Å². The van der Waals surface area contributed by atoms with Crippen LogP contribution in [0.1, 0.15) is 23.9 Å². The van der Waals surface area contributed by atoms with E-state index >= 15 is 0 Å². The number of nitrogens with zero attached hydrogens (tertiary/aromatic N) is 4. The van der Waals surface area contributed by atoms with Gasteiger partial charge < -0.3 is 10.4 Å². The van der Waals surface area contributed by atoms with Crippen LogP contribution in [0, 0.1) is 13.8 Å². The molecule has 0 spiro atoms. The third kappa shape index (κ3) is 2.40. The second-order valence-corrected chi connectivity index (χ2v) is 4.58. The third-order valence-corrected chi connectivity index (χ3v) is 3.00. The Morgan fingerprint density at radius 2 is 1.90 bits per heavy atom. The first kappa shape index (κ1) is 14.5. The average Bonchev–Trinajstić information content (AvgIpc) is 2.79. The zero-order chi connectivity index (χ0) is 15.1. The minimum atomic E-state index is -4.63. The van der Waals surface area contributed by atoms with E-state index in [4.69, 9.17) is 5.11 Å². The van der Waals surface area contributed by atoms with Crippen molar-refractivity contribution in [2.75, 3.05) is 11.9 Å². The lowest BCUT2D eigenvalue weighted by Crippen LogP contribution is -2.22. The maximum atomic E-state index is 12.8. The van der Waals surface area contributed by atoms with Crippen LogP contribution in [0.4, 0.5) is 19.0 Å². The van der Waals surface area contributed by atoms with Crippen molar-refractivity contribution < 1.29 is 18.3 Å². The predicted molar refractivity (Wildman–Crippen MR) is 65.4 cm³/mol. The summed E-state index contributed by atoms with van der Waals surface area (Å²) in [6.45, 7) is 4.90. The van der Waals surface area contributed by atoms with Crippen molar-refractivity contribution in [3.05, 3.63) is 17.0 Å². The van der Waals surface area contributed by atoms with Gasteiger partial charge in [0, 0.05) is 11.6 Å². The number of aliphatic hydroxyl groups is 1. The summed E-state index contributed by atoms with van der Waals surface area (Å²) >= 11 is 0. The Morgan fingerprint density at radius 3 is 2.45 bits per heavy atom. The van der Waals surface area contributed by atoms with Crippen LogP contribution in [0.3, 0.4) is 0 Å². The number of aliphatic hydroxyl groups excluding tert-OH is 1. The molecule has 0 bridgehead atoms. The molecule has 2 rings (SSSR count). The molecule has 2 heterocycles. The first-order valence-corrected chi connectivity index (χ1v) is 5.93. The molecule has 2 aromatic rings. The van der Waals surface area contributed by atoms with Gasteiger partial charge in [-0.3, -0.25) is 0 Å². The normalized spacial score (nSPS) is 13.8. The number of rotatable bonds is 3. The lowest BCUT2D eigenvalue weighted by atomic mass is 10.2. The van der Waals surface area contributed by atoms with Gasteiger partial charge in [-0.15, -0.1) is 15.3 Å². The number of nitrogens with one attached hydrogen (secondary N) is 1. The molecule has 110 valence electrons. The van der Waals surface area contributed by atoms with E-state index in [0.29, 0.717) is 15.6 Å². The van der Waals surface area contributed by atoms with Crippen molar-refractivity contribution in [1.29, 1.82) is 0 Å². The number of hydrogen-bond donors (Lipinski definition) is 2. The number of aryl methyl sites for hydroxylation is 1. The fourth-order valence-electron chi connectivity index (χ4n) is 1.72. The van der Waals surface area contributed by atoms with Crippen molar-refractivity contribution in [1.82, 2.24) is 19.8 Å². The molecule has 0 aliphatic rings. The molecule has 9 heteroatoms. The minimum Gasteiger partial charge on any atom is -0.394 e. The number of alkyl halides is 3. The fraction of sp³-hybridized carbons (Fsp3) is 0.545. The van der Waals surface area contributed by atoms with Crippen LogP contribution in [0.5, 0.6) is 0 Å². The molecule has 0 aliphatic heterocycles. The molecular weight excluding hydrogens is 275 g/mol. The lowest BCUT2D eigenvalue weighted by molar-refractivity contribution is -0.146. The number of aromatic nitrogens is 4. The van der Waals surface area contributed by atoms with E-state index in [2.05, 4.69) is 20.6 Å². The first-order chi connectivity index (χ1) is 9.25. The Kier molecular flexibility index (Phi) is 3.55. The Morgan fingerprint density at radius 1 is 1.25 bits per heavy atom. The summed E-state index contributed by atoms with van der Waals surface area (Å²) in [7, 11) is 0. The quantitative estimate of drug-likeness (QED) is 0.896. The number of fused-ring (bicyclic) bond motifs is 1. The number of anilines is 1. The van der Waals surface area contributed by atoms with Crippen LogP contribution in [-0.2, 0) is 6.18 Å². The second kappa shape index (κ2) is 4.89. The molecule has 2 aromatic heterocycles. The van der Waals surface area contributed by atoms with E-state index in [1.807, 2.05) is 0 Å². The average molecular weight is 289 g/mol. The van der Waals surface area contributed by atoms with Gasteiger partial charge in [-0.1, -0.05) is 0 Å². The molecule has 0 aromatic carbocycles. The Hall–Kier alpha value is -1.90. The topological polar surface area (TPSA) is 75.3 Å². The fourth-order valence-corrected chi connectivity index (χ4v) is 1.72. The highest BCUT2D eigenvalue weighted by Crippen LogP contribution is 2.29. The largest absolute Gasteiger partial charge is 0.453 e. The molecule has 0 aliphatic carbocycles. The van der Waals surface area contributed by atoms with E-state index in [9.17, 15) is 13.2 Å². The maximum Gasteiger partial charge on any atom is 0.453 e. The molecule has 0 unspecified atom stereocenters. The molecule has 0 saturated carbocycles. The van der Waals surface area contributed by atoms with Crippen molar-refractivity contribution in [3.63, 3.8) is 0 Å². The van der Waals surface area contributed by atoms with Crippen LogP contribution in [-0.4, -0.2) is 37.6 Å². The SMILES string of the molecule is Cc1c(N[C@@H](C)CO)nn2c(C(F)(F)F)nnc2c1C. The summed E-state index contributed by atoms with van der Waals surface area (Å²) in [4.78, 5) is 0. The van der Waals surface area contributed by atoms with Crippen LogP contribution >= 0.6 is 0 Å². The monoisotopic (exact) mass is 289 g/mol. The highest BCUT2D eigenvalue weighted by molar-refractivity contribution is 5.58. The summed E-state index contributed by atoms with van der Waals surface area (Å²) in [6, 6.07) is -0.330. The van der Waals surface area contributed by atoms with Gasteiger partial charge in [-0.05, 0) is 26.3 Å². The highest BCUT2D eigenvalue weighted by atomic mass is 19.4. The van der Waals surface area contributed by atoms with E-state index in [1.165, 1.54) is 0 Å². The Labute approximate surface area is 112 Å². The molecule has 0 amide bonds. The second-order valence-electron chi connectivity index (χ2n) is 4.58. The molecular formula is C11H14F3N5O. The van der Waals surface area contributed by atoms with Gasteiger partial charge in [-0.25, -0.2) is 0 Å². The summed E-state index contributed by atoms with van der Waals surface area (Å²) < 4.78 is 39.1. The third-order valence-electron chi connectivity index (χ3n) is 3.00. The summed E-state index contributed by atoms with van der Waals surface area (Å²) in [5.74, 6) is -0.905. The van der Waals surface area contributed by atoms with Crippen LogP contribution in [0.2, 0.25) is 0 Å². The summed E-state index contributed by atoms with van der Waals surface area (Å²) in [5, 5.41) is 22.5. The van der Waals surface area contributed by atoms with Crippen molar-refractivity contribution in [2.24, 2.45) is 0 Å². The maximum absolute atomic E-state index is 12.8. The summed E-state index contributed by atoms with van der Waals surface area (Å²) in [5.41, 5.74) is 1.28. The van der Waals surface area contributed by atoms with E-state index in [1.54, 1.807) is 20.8 Å². The molecule has 1 atom stereocenters. The minimum absolute atomic E-state index is 0.0667. The van der Waals surface area contributed by atoms with Crippen molar-refractivity contribution in [3.8, 4) is 0 Å². The molecule has 0 radical (unpaired) electrons. The number of halogens is 3. The van der Waals surface area contributed by atoms with Gasteiger partial charge in [0.25, 0.3) is 5.82 Å². The van der Waals surface area contributed by atoms with Crippen LogP contribution < -0.4 is 5.32 Å². The lowest BCUT2D eigenvalue weighted by Gasteiger charge is -2.15. The Bertz CT molecular complexity index is 637. The first-order valence-electron chi connectivity index (χ1n) is 5.93. The van der Waals surface area contributed by atoms with E-state index in [-0.39, 0.29) is 24.1 Å². The Balaban J connectivity index is 2.63. The van der Waals surface area contributed by atoms with Gasteiger partial charge in [0.15, 0.2) is 11.5 Å². The number of hydrogen-bond acceptors (Lipinski definition) is 5. The van der Waals surface area contributed by atoms with Gasteiger partial charge in [0.2, 0.25) is 0 Å². The summed E-state index contributed by atoms with van der Waals surface area (Å²) in [6.07, 6.45) is -4.63. The molecule has 0 saturated heterocycles. The van der Waals surface area contributed by atoms with Gasteiger partial charge >= 0.3 is 6.18 Å². The standard InChI is InChI=1S/C11H14F3N5O/c1-5(4-20)15-8-6(2)7(3)9-16-17-10(11(12,13)14)19(9)18-8/h5,20H,4H2,1-3H3,(H,15,18)/t5-/m0/s1. The highest BCUT2D eigenvalue weighted by Gasteiger charge is 2.38. The molecule has 0 fully saturated rings. The van der Waals surface area contributed by atoms with Gasteiger partial charge in [0.1, 0.15) is 0 Å². The van der Waals surface area contributed by atoms with Gasteiger partial charge in [-0.2, -0.15) is 17.7 Å². The molecule has 6 nitrogen and oxygen atoms in total. The van der Waals surface area contributed by atoms with E-state index in [0.717, 1.165) is 0 Å². The zero-order valence-electron chi connectivity index (χ0n) is 11.2. The van der Waals surface area contributed by atoms with Crippen LogP contribution in [0.15, 0.2) is 0 Å². The molecule has 2 N–H and O–H groups in total. The predicted octanol–water partition coefficient (Wildman–Crippen LogP) is 1.55. The zero-order valence-corrected chi connectivity index (χ0v) is 11.2. The van der Waals surface area contributed by atoms with Gasteiger partial charge in [0.05, 0.1) is 6.61 Å². The smallest absolute Gasteiger partial charge is 0.394 e. The van der Waals surface area contributed by atoms with Crippen molar-refractivity contribution in [2.45, 2.75) is 33.0 Å². The van der Waals surface area contributed by atoms with Crippen molar-refractivity contribution >= 4 is 11.5 Å². The van der Waals surface area contributed by atoms with Crippen LogP contribution in [0.25, 0.3) is 5.65 Å².